The smallest absolute Gasteiger partial charge is 0.194 e. The van der Waals surface area contributed by atoms with Crippen LogP contribution in [-0.2, 0) is 0 Å². The molecule has 2 aromatic rings. The summed E-state index contributed by atoms with van der Waals surface area (Å²) in [6.07, 6.45) is 0. The second-order valence-electron chi connectivity index (χ2n) is 6.65. The van der Waals surface area contributed by atoms with Crippen LogP contribution in [0.15, 0.2) is 48.5 Å². The molecule has 0 atom stereocenters. The Labute approximate surface area is 137 Å². The van der Waals surface area contributed by atoms with Crippen LogP contribution in [0.2, 0.25) is 19.6 Å². The van der Waals surface area contributed by atoms with E-state index in [1.165, 1.54) is 6.07 Å². The number of rotatable bonds is 1. The number of hydrogen-bond donors (Lipinski definition) is 1. The van der Waals surface area contributed by atoms with E-state index < -0.39 is 8.07 Å². The molecule has 2 aromatic carbocycles. The maximum atomic E-state index is 13.0. The molecule has 1 aliphatic carbocycles. The van der Waals surface area contributed by atoms with Gasteiger partial charge in [-0.25, -0.2) is 0 Å². The topological polar surface area (TPSA) is 37.3 Å². The summed E-state index contributed by atoms with van der Waals surface area (Å²) < 4.78 is 0. The van der Waals surface area contributed by atoms with E-state index in [-0.39, 0.29) is 11.5 Å². The highest BCUT2D eigenvalue weighted by molar-refractivity contribution is 6.89. The van der Waals surface area contributed by atoms with Crippen LogP contribution in [0.3, 0.4) is 0 Å². The van der Waals surface area contributed by atoms with Crippen molar-refractivity contribution in [2.75, 3.05) is 0 Å². The van der Waals surface area contributed by atoms with Gasteiger partial charge >= 0.3 is 0 Å². The number of aromatic hydroxyl groups is 1. The predicted octanol–water partition coefficient (Wildman–Crippen LogP) is 3.87. The van der Waals surface area contributed by atoms with Gasteiger partial charge in [-0.2, -0.15) is 0 Å². The molecule has 0 fully saturated rings. The van der Waals surface area contributed by atoms with Crippen LogP contribution in [-0.4, -0.2) is 19.0 Å². The highest BCUT2D eigenvalue weighted by Gasteiger charge is 2.32. The summed E-state index contributed by atoms with van der Waals surface area (Å²) in [5, 5.41) is 10.8. The normalized spacial score (nSPS) is 12.0. The van der Waals surface area contributed by atoms with E-state index in [1.807, 2.05) is 30.3 Å². The summed E-state index contributed by atoms with van der Waals surface area (Å²) >= 11 is 0. The first kappa shape index (κ1) is 15.3. The van der Waals surface area contributed by atoms with Crippen LogP contribution in [0.1, 0.15) is 15.9 Å². The minimum Gasteiger partial charge on any atom is -0.507 e. The molecular formula is C20H18O2Si. The summed E-state index contributed by atoms with van der Waals surface area (Å²) in [4.78, 5) is 13.0. The summed E-state index contributed by atoms with van der Waals surface area (Å²) in [6.45, 7) is 6.63. The molecule has 23 heavy (non-hydrogen) atoms. The first-order valence-electron chi connectivity index (χ1n) is 7.58. The van der Waals surface area contributed by atoms with E-state index in [1.54, 1.807) is 12.1 Å². The van der Waals surface area contributed by atoms with Crippen LogP contribution in [0, 0.1) is 12.1 Å². The number of benzene rings is 1. The van der Waals surface area contributed by atoms with Gasteiger partial charge in [0.25, 0.3) is 0 Å². The highest BCUT2D eigenvalue weighted by atomic mass is 28.3. The van der Waals surface area contributed by atoms with E-state index >= 15 is 0 Å². The summed E-state index contributed by atoms with van der Waals surface area (Å²) in [7, 11) is -1.78. The third-order valence-corrected chi connectivity index (χ3v) is 5.98. The van der Waals surface area contributed by atoms with Gasteiger partial charge in [0.2, 0.25) is 0 Å². The van der Waals surface area contributed by atoms with Crippen molar-refractivity contribution in [1.82, 2.24) is 0 Å². The molecule has 0 saturated heterocycles. The van der Waals surface area contributed by atoms with Gasteiger partial charge < -0.3 is 5.11 Å². The number of fused-ring (bicyclic) bond motifs is 3. The van der Waals surface area contributed by atoms with Gasteiger partial charge in [-0.3, -0.25) is 4.79 Å². The van der Waals surface area contributed by atoms with Crippen molar-refractivity contribution in [3.63, 3.8) is 0 Å². The molecule has 114 valence electrons. The first-order valence-corrected chi connectivity index (χ1v) is 11.1. The Hall–Kier alpha value is -2.57. The molecule has 1 N–H and O–H groups in total. The fourth-order valence-corrected chi connectivity index (χ4v) is 4.44. The number of ketones is 1. The van der Waals surface area contributed by atoms with E-state index in [9.17, 15) is 9.90 Å². The van der Waals surface area contributed by atoms with Gasteiger partial charge in [-0.15, -0.1) is 0 Å². The second-order valence-corrected chi connectivity index (χ2v) is 11.7. The van der Waals surface area contributed by atoms with Crippen molar-refractivity contribution in [3.8, 4) is 16.9 Å². The van der Waals surface area contributed by atoms with Crippen molar-refractivity contribution in [2.45, 2.75) is 19.6 Å². The fraction of sp³-hybridized carbons (Fsp3) is 0.150. The van der Waals surface area contributed by atoms with Gasteiger partial charge in [0.1, 0.15) is 5.75 Å². The number of carbonyl (C=O) groups excluding carboxylic acids is 1. The van der Waals surface area contributed by atoms with Crippen molar-refractivity contribution < 1.29 is 9.90 Å². The van der Waals surface area contributed by atoms with E-state index in [0.29, 0.717) is 5.56 Å². The van der Waals surface area contributed by atoms with Crippen molar-refractivity contribution in [2.24, 2.45) is 0 Å². The molecule has 0 bridgehead atoms. The lowest BCUT2D eigenvalue weighted by Crippen LogP contribution is -2.40. The van der Waals surface area contributed by atoms with Crippen LogP contribution in [0.4, 0.5) is 0 Å². The molecule has 2 nitrogen and oxygen atoms in total. The van der Waals surface area contributed by atoms with Crippen LogP contribution in [0.25, 0.3) is 11.1 Å². The zero-order chi connectivity index (χ0) is 16.6. The predicted molar refractivity (Wildman–Crippen MR) is 95.3 cm³/mol. The summed E-state index contributed by atoms with van der Waals surface area (Å²) in [6, 6.07) is 20.4. The average Bonchev–Trinajstić information content (AvgIpc) is 2.76. The fourth-order valence-electron chi connectivity index (χ4n) is 2.85. The molecule has 0 spiro atoms. The molecule has 0 unspecified atom stereocenters. The number of carbonyl (C=O) groups is 1. The second kappa shape index (κ2) is 5.57. The molecule has 0 radical (unpaired) electrons. The zero-order valence-electron chi connectivity index (χ0n) is 13.5. The van der Waals surface area contributed by atoms with Gasteiger partial charge in [0, 0.05) is 28.3 Å². The van der Waals surface area contributed by atoms with E-state index in [4.69, 9.17) is 0 Å². The van der Waals surface area contributed by atoms with Gasteiger partial charge in [0.05, 0.1) is 8.07 Å². The van der Waals surface area contributed by atoms with Crippen molar-refractivity contribution >= 4 is 19.0 Å². The highest BCUT2D eigenvalue weighted by Crippen LogP contribution is 2.34. The van der Waals surface area contributed by atoms with E-state index in [0.717, 1.165) is 21.9 Å². The van der Waals surface area contributed by atoms with Crippen LogP contribution < -0.4 is 5.19 Å². The number of hydrogen-bond acceptors (Lipinski definition) is 2. The summed E-state index contributed by atoms with van der Waals surface area (Å²) in [5.74, 6) is 0.172. The lowest BCUT2D eigenvalue weighted by molar-refractivity contribution is 0.104. The SMILES string of the molecule is C[Si](C)(C)c1cccc(O)cc#cc2c1C(=O)c1ccccc1-2. The first-order chi connectivity index (χ1) is 10.9. The minimum atomic E-state index is -1.78. The molecule has 0 amide bonds. The molecule has 3 heteroatoms. The molecule has 1 aliphatic rings. The van der Waals surface area contributed by atoms with Crippen molar-refractivity contribution in [3.05, 3.63) is 71.8 Å². The van der Waals surface area contributed by atoms with Gasteiger partial charge in [-0.05, 0) is 11.3 Å². The average molecular weight is 318 g/mol. The van der Waals surface area contributed by atoms with E-state index in [2.05, 4.69) is 31.8 Å². The van der Waals surface area contributed by atoms with Crippen LogP contribution >= 0.6 is 0 Å². The third-order valence-electron chi connectivity index (χ3n) is 3.94. The minimum absolute atomic E-state index is 0.0563. The quantitative estimate of drug-likeness (QED) is 0.692. The molecular weight excluding hydrogens is 300 g/mol. The molecule has 0 heterocycles. The lowest BCUT2D eigenvalue weighted by atomic mass is 10.1. The largest absolute Gasteiger partial charge is 0.507 e. The molecule has 0 aliphatic heterocycles. The van der Waals surface area contributed by atoms with Gasteiger partial charge in [-0.1, -0.05) is 68.2 Å². The lowest BCUT2D eigenvalue weighted by Gasteiger charge is -2.18. The standard InChI is InChI=1S/C20H18O2Si/c1-23(2,3)18-13-7-9-14(21)8-6-12-16-15-10-4-5-11-17(15)20(22)19(16)18/h4-5,7-11,13,21H,1-3H3. The monoisotopic (exact) mass is 318 g/mol. The van der Waals surface area contributed by atoms with Crippen molar-refractivity contribution in [1.29, 1.82) is 0 Å². The maximum Gasteiger partial charge on any atom is 0.194 e. The Morgan fingerprint density at radius 2 is 1.65 bits per heavy atom. The Balaban J connectivity index is 2.47. The van der Waals surface area contributed by atoms with Crippen LogP contribution in [0.5, 0.6) is 5.75 Å². The molecule has 0 saturated carbocycles. The third kappa shape index (κ3) is 2.74. The zero-order valence-corrected chi connectivity index (χ0v) is 14.5. The Morgan fingerprint density at radius 3 is 2.35 bits per heavy atom. The Bertz CT molecular complexity index is 846. The molecule has 3 rings (SSSR count). The van der Waals surface area contributed by atoms with Gasteiger partial charge in [0.15, 0.2) is 5.78 Å². The maximum absolute atomic E-state index is 13.0. The molecule has 0 aromatic heterocycles. The summed E-state index contributed by atoms with van der Waals surface area (Å²) in [5.41, 5.74) is 3.12. The Morgan fingerprint density at radius 1 is 0.957 bits per heavy atom. The Kier molecular flexibility index (Phi) is 3.71.